The summed E-state index contributed by atoms with van der Waals surface area (Å²) in [4.78, 5) is 38.2. The van der Waals surface area contributed by atoms with Crippen molar-refractivity contribution in [2.24, 2.45) is 0 Å². The van der Waals surface area contributed by atoms with E-state index in [1.807, 2.05) is 4.98 Å². The Kier molecular flexibility index (Phi) is 3.30. The van der Waals surface area contributed by atoms with E-state index in [0.717, 1.165) is 6.07 Å². The fraction of sp³-hybridized carbons (Fsp3) is 0. The van der Waals surface area contributed by atoms with Crippen LogP contribution < -0.4 is 16.6 Å². The van der Waals surface area contributed by atoms with Crippen molar-refractivity contribution in [3.8, 4) is 12.3 Å². The number of hydrogen-bond acceptors (Lipinski definition) is 3. The van der Waals surface area contributed by atoms with Crippen LogP contribution in [0.4, 0.5) is 5.69 Å². The van der Waals surface area contributed by atoms with Crippen LogP contribution in [0.2, 0.25) is 0 Å². The zero-order chi connectivity index (χ0) is 13.8. The van der Waals surface area contributed by atoms with Gasteiger partial charge in [0.1, 0.15) is 5.69 Å². The van der Waals surface area contributed by atoms with Gasteiger partial charge in [0.15, 0.2) is 0 Å². The van der Waals surface area contributed by atoms with Crippen molar-refractivity contribution < 1.29 is 4.79 Å². The molecule has 0 aliphatic carbocycles. The van der Waals surface area contributed by atoms with Gasteiger partial charge in [-0.25, -0.2) is 4.79 Å². The summed E-state index contributed by atoms with van der Waals surface area (Å²) >= 11 is 0. The number of H-pyrrole nitrogens is 2. The number of carbonyl (C=O) groups is 1. The molecule has 94 valence electrons. The molecule has 3 N–H and O–H groups in total. The fourth-order valence-electron chi connectivity index (χ4n) is 1.48. The van der Waals surface area contributed by atoms with E-state index in [1.165, 1.54) is 0 Å². The van der Waals surface area contributed by atoms with E-state index in [0.29, 0.717) is 11.3 Å². The van der Waals surface area contributed by atoms with Crippen molar-refractivity contribution >= 4 is 11.6 Å². The van der Waals surface area contributed by atoms with Crippen LogP contribution in [0.1, 0.15) is 16.1 Å². The Bertz CT molecular complexity index is 752. The molecule has 0 saturated heterocycles. The Morgan fingerprint density at radius 2 is 2.00 bits per heavy atom. The Balaban J connectivity index is 2.28. The first kappa shape index (κ1) is 12.4. The van der Waals surface area contributed by atoms with Crippen LogP contribution >= 0.6 is 0 Å². The number of terminal acetylenes is 1. The molecule has 0 aliphatic heterocycles. The fourth-order valence-corrected chi connectivity index (χ4v) is 1.48. The van der Waals surface area contributed by atoms with E-state index in [2.05, 4.69) is 16.2 Å². The Labute approximate surface area is 107 Å². The third-order valence-electron chi connectivity index (χ3n) is 2.29. The van der Waals surface area contributed by atoms with E-state index in [-0.39, 0.29) is 5.69 Å². The van der Waals surface area contributed by atoms with Crippen LogP contribution in [-0.2, 0) is 0 Å². The standard InChI is InChI=1S/C13H9N3O3/c1-2-8-4-3-5-9(6-8)14-12(18)10-7-11(17)16-13(19)15-10/h1,3-7H,(H,14,18)(H2,15,16,17,19). The van der Waals surface area contributed by atoms with E-state index in [4.69, 9.17) is 6.42 Å². The smallest absolute Gasteiger partial charge is 0.321 e. The lowest BCUT2D eigenvalue weighted by Gasteiger charge is -2.04. The molecule has 1 aromatic carbocycles. The van der Waals surface area contributed by atoms with Gasteiger partial charge in [-0.15, -0.1) is 6.42 Å². The van der Waals surface area contributed by atoms with Gasteiger partial charge in [-0.2, -0.15) is 0 Å². The van der Waals surface area contributed by atoms with Crippen molar-refractivity contribution in [3.63, 3.8) is 0 Å². The number of anilines is 1. The van der Waals surface area contributed by atoms with E-state index in [1.54, 1.807) is 24.3 Å². The second-order valence-corrected chi connectivity index (χ2v) is 3.68. The monoisotopic (exact) mass is 255 g/mol. The number of benzene rings is 1. The van der Waals surface area contributed by atoms with Crippen molar-refractivity contribution in [1.29, 1.82) is 0 Å². The molecule has 0 radical (unpaired) electrons. The van der Waals surface area contributed by atoms with Gasteiger partial charge in [0.05, 0.1) is 0 Å². The second-order valence-electron chi connectivity index (χ2n) is 3.68. The van der Waals surface area contributed by atoms with Gasteiger partial charge in [0.25, 0.3) is 11.5 Å². The molecule has 0 bridgehead atoms. The maximum absolute atomic E-state index is 11.8. The van der Waals surface area contributed by atoms with Crippen molar-refractivity contribution in [2.45, 2.75) is 0 Å². The molecule has 0 aliphatic rings. The van der Waals surface area contributed by atoms with Gasteiger partial charge < -0.3 is 10.3 Å². The molecular weight excluding hydrogens is 246 g/mol. The zero-order valence-corrected chi connectivity index (χ0v) is 9.69. The average molecular weight is 255 g/mol. The summed E-state index contributed by atoms with van der Waals surface area (Å²) in [5, 5.41) is 2.53. The lowest BCUT2D eigenvalue weighted by Crippen LogP contribution is -2.27. The molecule has 6 heteroatoms. The Morgan fingerprint density at radius 3 is 2.68 bits per heavy atom. The third kappa shape index (κ3) is 2.98. The normalized spacial score (nSPS) is 9.63. The summed E-state index contributed by atoms with van der Waals surface area (Å²) in [6.45, 7) is 0. The summed E-state index contributed by atoms with van der Waals surface area (Å²) in [5.74, 6) is 1.83. The first-order chi connectivity index (χ1) is 9.08. The van der Waals surface area contributed by atoms with Gasteiger partial charge in [-0.3, -0.25) is 14.6 Å². The van der Waals surface area contributed by atoms with Crippen LogP contribution in [-0.4, -0.2) is 15.9 Å². The number of nitrogens with one attached hydrogen (secondary N) is 3. The topological polar surface area (TPSA) is 94.8 Å². The highest BCUT2D eigenvalue weighted by molar-refractivity contribution is 6.02. The third-order valence-corrected chi connectivity index (χ3v) is 2.29. The number of rotatable bonds is 2. The molecular formula is C13H9N3O3. The largest absolute Gasteiger partial charge is 0.326 e. The maximum Gasteiger partial charge on any atom is 0.326 e. The van der Waals surface area contributed by atoms with Gasteiger partial charge in [0, 0.05) is 17.3 Å². The number of aromatic nitrogens is 2. The van der Waals surface area contributed by atoms with Gasteiger partial charge in [0.2, 0.25) is 0 Å². The molecule has 1 aromatic heterocycles. The minimum atomic E-state index is -0.741. The highest BCUT2D eigenvalue weighted by atomic mass is 16.2. The van der Waals surface area contributed by atoms with Crippen molar-refractivity contribution in [1.82, 2.24) is 9.97 Å². The van der Waals surface area contributed by atoms with E-state index < -0.39 is 17.2 Å². The predicted molar refractivity (Wildman–Crippen MR) is 70.0 cm³/mol. The van der Waals surface area contributed by atoms with E-state index >= 15 is 0 Å². The van der Waals surface area contributed by atoms with Crippen molar-refractivity contribution in [3.05, 3.63) is 62.4 Å². The van der Waals surface area contributed by atoms with Gasteiger partial charge >= 0.3 is 5.69 Å². The summed E-state index contributed by atoms with van der Waals surface area (Å²) in [5.41, 5.74) is -0.431. The molecule has 0 fully saturated rings. The Hall–Kier alpha value is -3.07. The van der Waals surface area contributed by atoms with Crippen LogP contribution in [0.15, 0.2) is 39.9 Å². The van der Waals surface area contributed by atoms with Gasteiger partial charge in [-0.1, -0.05) is 12.0 Å². The van der Waals surface area contributed by atoms with Crippen LogP contribution in [0.5, 0.6) is 0 Å². The molecule has 0 unspecified atom stereocenters. The zero-order valence-electron chi connectivity index (χ0n) is 9.69. The van der Waals surface area contributed by atoms with Crippen LogP contribution in [0.25, 0.3) is 0 Å². The summed E-state index contributed by atoms with van der Waals surface area (Å²) in [6, 6.07) is 7.64. The quantitative estimate of drug-likeness (QED) is 0.673. The highest BCUT2D eigenvalue weighted by Gasteiger charge is 2.08. The average Bonchev–Trinajstić information content (AvgIpc) is 2.37. The number of hydrogen-bond donors (Lipinski definition) is 3. The molecule has 1 amide bonds. The molecule has 0 spiro atoms. The highest BCUT2D eigenvalue weighted by Crippen LogP contribution is 2.10. The summed E-state index contributed by atoms with van der Waals surface area (Å²) in [7, 11) is 0. The molecule has 0 saturated carbocycles. The molecule has 2 aromatic rings. The van der Waals surface area contributed by atoms with E-state index in [9.17, 15) is 14.4 Å². The molecule has 1 heterocycles. The minimum Gasteiger partial charge on any atom is -0.321 e. The van der Waals surface area contributed by atoms with Crippen LogP contribution in [0.3, 0.4) is 0 Å². The predicted octanol–water partition coefficient (Wildman–Crippen LogP) is 0.297. The molecule has 2 rings (SSSR count). The summed E-state index contributed by atoms with van der Waals surface area (Å²) in [6.07, 6.45) is 5.24. The van der Waals surface area contributed by atoms with Crippen LogP contribution in [0, 0.1) is 12.3 Å². The number of carbonyl (C=O) groups excluding carboxylic acids is 1. The lowest BCUT2D eigenvalue weighted by molar-refractivity contribution is 0.102. The number of amides is 1. The minimum absolute atomic E-state index is 0.125. The molecule has 0 atom stereocenters. The maximum atomic E-state index is 11.8. The summed E-state index contributed by atoms with van der Waals surface area (Å²) < 4.78 is 0. The molecule has 19 heavy (non-hydrogen) atoms. The van der Waals surface area contributed by atoms with Gasteiger partial charge in [-0.05, 0) is 18.2 Å². The first-order valence-corrected chi connectivity index (χ1v) is 5.30. The number of aromatic amines is 2. The van der Waals surface area contributed by atoms with Crippen molar-refractivity contribution in [2.75, 3.05) is 5.32 Å². The SMILES string of the molecule is C#Cc1cccc(NC(=O)c2cc(=O)[nH]c(=O)[nH]2)c1. The molecule has 6 nitrogen and oxygen atoms in total. The first-order valence-electron chi connectivity index (χ1n) is 5.30. The lowest BCUT2D eigenvalue weighted by atomic mass is 10.2. The Morgan fingerprint density at radius 1 is 1.21 bits per heavy atom. The second kappa shape index (κ2) is 5.06.